The van der Waals surface area contributed by atoms with Crippen LogP contribution in [-0.2, 0) is 4.74 Å². The van der Waals surface area contributed by atoms with Crippen LogP contribution in [0.25, 0.3) is 22.4 Å². The minimum absolute atomic E-state index is 0.315. The van der Waals surface area contributed by atoms with Crippen molar-refractivity contribution >= 4 is 16.9 Å². The third-order valence-corrected chi connectivity index (χ3v) is 4.20. The van der Waals surface area contributed by atoms with E-state index < -0.39 is 0 Å². The summed E-state index contributed by atoms with van der Waals surface area (Å²) in [6.07, 6.45) is 3.68. The first-order chi connectivity index (χ1) is 11.2. The summed E-state index contributed by atoms with van der Waals surface area (Å²) in [7, 11) is 0. The molecule has 0 aromatic carbocycles. The van der Waals surface area contributed by atoms with Crippen molar-refractivity contribution in [3.8, 4) is 11.4 Å². The van der Waals surface area contributed by atoms with Crippen molar-refractivity contribution in [2.45, 2.75) is 19.9 Å². The van der Waals surface area contributed by atoms with Gasteiger partial charge in [0.2, 0.25) is 0 Å². The lowest BCUT2D eigenvalue weighted by Gasteiger charge is -2.34. The molecule has 0 radical (unpaired) electrons. The van der Waals surface area contributed by atoms with Gasteiger partial charge >= 0.3 is 0 Å². The van der Waals surface area contributed by atoms with Crippen molar-refractivity contribution < 1.29 is 4.74 Å². The topological polar surface area (TPSA) is 66.9 Å². The summed E-state index contributed by atoms with van der Waals surface area (Å²) < 4.78 is 5.53. The monoisotopic (exact) mass is 309 g/mol. The zero-order valence-corrected chi connectivity index (χ0v) is 13.3. The number of aryl methyl sites for hydroxylation is 1. The highest BCUT2D eigenvalue weighted by atomic mass is 16.5. The predicted octanol–water partition coefficient (Wildman–Crippen LogP) is 2.55. The number of nitrogens with one attached hydrogen (secondary N) is 1. The van der Waals surface area contributed by atoms with E-state index >= 15 is 0 Å². The third-order valence-electron chi connectivity index (χ3n) is 4.20. The van der Waals surface area contributed by atoms with Gasteiger partial charge in [0.05, 0.1) is 19.3 Å². The maximum Gasteiger partial charge on any atom is 0.162 e. The van der Waals surface area contributed by atoms with Gasteiger partial charge in [0.25, 0.3) is 0 Å². The van der Waals surface area contributed by atoms with Crippen LogP contribution >= 0.6 is 0 Å². The molecule has 1 unspecified atom stereocenters. The second-order valence-electron chi connectivity index (χ2n) is 5.91. The van der Waals surface area contributed by atoms with Crippen LogP contribution in [0, 0.1) is 6.92 Å². The molecular weight excluding hydrogens is 290 g/mol. The summed E-state index contributed by atoms with van der Waals surface area (Å²) >= 11 is 0. The number of fused-ring (bicyclic) bond motifs is 1. The van der Waals surface area contributed by atoms with Gasteiger partial charge in [-0.25, -0.2) is 15.0 Å². The molecule has 6 heteroatoms. The number of hydrogen-bond acceptors (Lipinski definition) is 5. The molecule has 3 aromatic heterocycles. The van der Waals surface area contributed by atoms with E-state index in [1.165, 1.54) is 0 Å². The highest BCUT2D eigenvalue weighted by molar-refractivity contribution is 5.90. The molecule has 4 rings (SSSR count). The zero-order chi connectivity index (χ0) is 15.8. The molecule has 0 saturated carbocycles. The van der Waals surface area contributed by atoms with E-state index in [1.807, 2.05) is 31.3 Å². The van der Waals surface area contributed by atoms with Crippen molar-refractivity contribution in [2.24, 2.45) is 0 Å². The van der Waals surface area contributed by atoms with E-state index in [9.17, 15) is 0 Å². The average Bonchev–Trinajstić information content (AvgIpc) is 3.03. The Morgan fingerprint density at radius 3 is 3.09 bits per heavy atom. The summed E-state index contributed by atoms with van der Waals surface area (Å²) in [5, 5.41) is 1.04. The number of morpholine rings is 1. The first-order valence-electron chi connectivity index (χ1n) is 7.85. The van der Waals surface area contributed by atoms with E-state index in [-0.39, 0.29) is 0 Å². The second-order valence-corrected chi connectivity index (χ2v) is 5.91. The Balaban J connectivity index is 1.82. The quantitative estimate of drug-likeness (QED) is 0.788. The van der Waals surface area contributed by atoms with Crippen molar-refractivity contribution in [1.29, 1.82) is 0 Å². The average molecular weight is 309 g/mol. The molecule has 6 nitrogen and oxygen atoms in total. The maximum absolute atomic E-state index is 5.53. The molecule has 1 fully saturated rings. The standard InChI is InChI=1S/C17H19N5O/c1-11-9-15(22-7-8-23-10-12(22)2)21-17(20-11)14-4-6-19-16-13(14)3-5-18-16/h3-6,9,12H,7-8,10H2,1-2H3,(H,18,19). The second kappa shape index (κ2) is 5.62. The molecule has 1 N–H and O–H groups in total. The lowest BCUT2D eigenvalue weighted by Crippen LogP contribution is -2.44. The molecule has 0 aliphatic carbocycles. The summed E-state index contributed by atoms with van der Waals surface area (Å²) in [5.74, 6) is 1.70. The van der Waals surface area contributed by atoms with Gasteiger partial charge in [-0.05, 0) is 26.0 Å². The van der Waals surface area contributed by atoms with E-state index in [1.54, 1.807) is 6.20 Å². The number of ether oxygens (including phenoxy) is 1. The van der Waals surface area contributed by atoms with Gasteiger partial charge in [-0.15, -0.1) is 0 Å². The molecule has 0 spiro atoms. The predicted molar refractivity (Wildman–Crippen MR) is 89.5 cm³/mol. The van der Waals surface area contributed by atoms with Crippen LogP contribution in [0.3, 0.4) is 0 Å². The lowest BCUT2D eigenvalue weighted by atomic mass is 10.1. The zero-order valence-electron chi connectivity index (χ0n) is 13.3. The molecule has 3 aromatic rings. The Morgan fingerprint density at radius 1 is 1.30 bits per heavy atom. The van der Waals surface area contributed by atoms with Crippen molar-refractivity contribution in [2.75, 3.05) is 24.7 Å². The van der Waals surface area contributed by atoms with Crippen LogP contribution in [-0.4, -0.2) is 45.7 Å². The highest BCUT2D eigenvalue weighted by Crippen LogP contribution is 2.27. The molecule has 1 atom stereocenters. The van der Waals surface area contributed by atoms with Crippen molar-refractivity contribution in [1.82, 2.24) is 19.9 Å². The SMILES string of the molecule is Cc1cc(N2CCOCC2C)nc(-c2ccnc3[nH]ccc23)n1. The summed E-state index contributed by atoms with van der Waals surface area (Å²) in [5.41, 5.74) is 2.82. The Bertz CT molecular complexity index is 844. The lowest BCUT2D eigenvalue weighted by molar-refractivity contribution is 0.0985. The van der Waals surface area contributed by atoms with Gasteiger partial charge in [-0.3, -0.25) is 0 Å². The third kappa shape index (κ3) is 2.55. The van der Waals surface area contributed by atoms with E-state index in [2.05, 4.69) is 26.8 Å². The molecule has 118 valence electrons. The number of anilines is 1. The Morgan fingerprint density at radius 2 is 2.22 bits per heavy atom. The van der Waals surface area contributed by atoms with Crippen LogP contribution in [0.1, 0.15) is 12.6 Å². The van der Waals surface area contributed by atoms with Gasteiger partial charge in [-0.2, -0.15) is 0 Å². The minimum atomic E-state index is 0.315. The molecule has 0 bridgehead atoms. The fourth-order valence-corrected chi connectivity index (χ4v) is 3.04. The molecule has 4 heterocycles. The van der Waals surface area contributed by atoms with Gasteiger partial charge in [0, 0.05) is 41.6 Å². The largest absolute Gasteiger partial charge is 0.377 e. The summed E-state index contributed by atoms with van der Waals surface area (Å²) in [6, 6.07) is 6.34. The maximum atomic E-state index is 5.53. The highest BCUT2D eigenvalue weighted by Gasteiger charge is 2.21. The minimum Gasteiger partial charge on any atom is -0.377 e. The van der Waals surface area contributed by atoms with E-state index in [0.29, 0.717) is 6.04 Å². The molecular formula is C17H19N5O. The van der Waals surface area contributed by atoms with Gasteiger partial charge in [-0.1, -0.05) is 0 Å². The first-order valence-corrected chi connectivity index (χ1v) is 7.85. The van der Waals surface area contributed by atoms with Gasteiger partial charge < -0.3 is 14.6 Å². The molecule has 23 heavy (non-hydrogen) atoms. The van der Waals surface area contributed by atoms with Crippen molar-refractivity contribution in [3.63, 3.8) is 0 Å². The summed E-state index contributed by atoms with van der Waals surface area (Å²) in [6.45, 7) is 6.49. The Labute approximate surface area is 134 Å². The smallest absolute Gasteiger partial charge is 0.162 e. The van der Waals surface area contributed by atoms with Crippen LogP contribution in [0.2, 0.25) is 0 Å². The summed E-state index contributed by atoms with van der Waals surface area (Å²) in [4.78, 5) is 19.2. The molecule has 1 aliphatic heterocycles. The normalized spacial score (nSPS) is 18.5. The van der Waals surface area contributed by atoms with E-state index in [0.717, 1.165) is 53.7 Å². The van der Waals surface area contributed by atoms with Crippen LogP contribution < -0.4 is 4.90 Å². The van der Waals surface area contributed by atoms with Gasteiger partial charge in [0.1, 0.15) is 11.5 Å². The Kier molecular flexibility index (Phi) is 3.46. The number of H-pyrrole nitrogens is 1. The number of nitrogens with zero attached hydrogens (tertiary/aromatic N) is 4. The van der Waals surface area contributed by atoms with Crippen LogP contribution in [0.15, 0.2) is 30.6 Å². The van der Waals surface area contributed by atoms with E-state index in [4.69, 9.17) is 9.72 Å². The van der Waals surface area contributed by atoms with Crippen LogP contribution in [0.4, 0.5) is 5.82 Å². The number of aromatic amines is 1. The fraction of sp³-hybridized carbons (Fsp3) is 0.353. The molecule has 1 saturated heterocycles. The van der Waals surface area contributed by atoms with Gasteiger partial charge in [0.15, 0.2) is 5.82 Å². The van der Waals surface area contributed by atoms with Crippen LogP contribution in [0.5, 0.6) is 0 Å². The number of pyridine rings is 1. The molecule has 0 amide bonds. The number of rotatable bonds is 2. The Hall–Kier alpha value is -2.47. The molecule has 1 aliphatic rings. The van der Waals surface area contributed by atoms with Crippen molar-refractivity contribution in [3.05, 3.63) is 36.3 Å². The first kappa shape index (κ1) is 14.1. The number of aromatic nitrogens is 4. The number of hydrogen-bond donors (Lipinski definition) is 1. The fourth-order valence-electron chi connectivity index (χ4n) is 3.04.